The van der Waals surface area contributed by atoms with E-state index >= 15 is 0 Å². The van der Waals surface area contributed by atoms with Gasteiger partial charge in [0.15, 0.2) is 0 Å². The molecule has 0 amide bonds. The zero-order valence-electron chi connectivity index (χ0n) is 5.15. The Hall–Kier alpha value is 0.650. The molecule has 0 aromatic heterocycles. The van der Waals surface area contributed by atoms with Crippen LogP contribution in [0.3, 0.4) is 0 Å². The van der Waals surface area contributed by atoms with E-state index in [0.29, 0.717) is 21.5 Å². The molecule has 0 unspecified atom stereocenters. The van der Waals surface area contributed by atoms with E-state index < -0.39 is 0 Å². The number of rotatable bonds is 1. The first kappa shape index (κ1) is 6.77. The number of hydrogen-bond donors (Lipinski definition) is 1. The first-order chi connectivity index (χ1) is 3.93. The Morgan fingerprint density at radius 1 is 1.75 bits per heavy atom. The zero-order chi connectivity index (χ0) is 5.82. The molecular weight excluding hydrogens is 215 g/mol. The molecule has 1 rings (SSSR count). The number of nitrogens with zero attached hydrogens (tertiary/aromatic N) is 1. The Balaban J connectivity index is 2.13. The number of hydrogen-bond acceptors (Lipinski definition) is 2. The standard InChI is InChI=1S/C5H12IN2/c1-2-8-4-3-7-6-5-8/h7H,2-5H2,1H3/q-1. The van der Waals surface area contributed by atoms with Crippen LogP contribution in [0, 0.1) is 0 Å². The molecule has 3 heteroatoms. The van der Waals surface area contributed by atoms with E-state index in [9.17, 15) is 0 Å². The number of nitrogens with one attached hydrogen (secondary N) is 1. The molecule has 1 heterocycles. The molecule has 1 saturated heterocycles. The Kier molecular flexibility index (Phi) is 3.07. The van der Waals surface area contributed by atoms with Crippen LogP contribution in [-0.4, -0.2) is 29.1 Å². The van der Waals surface area contributed by atoms with E-state index in [2.05, 4.69) is 15.4 Å². The normalized spacial score (nSPS) is 24.6. The molecule has 1 aliphatic heterocycles. The molecule has 0 spiro atoms. The summed E-state index contributed by atoms with van der Waals surface area (Å²) in [6, 6.07) is 0. The fourth-order valence-electron chi connectivity index (χ4n) is 0.696. The van der Waals surface area contributed by atoms with Gasteiger partial charge in [0.1, 0.15) is 0 Å². The van der Waals surface area contributed by atoms with Gasteiger partial charge >= 0.3 is 61.0 Å². The molecule has 0 aromatic carbocycles. The zero-order valence-corrected chi connectivity index (χ0v) is 7.31. The molecule has 1 fully saturated rings. The predicted molar refractivity (Wildman–Crippen MR) is 30.1 cm³/mol. The van der Waals surface area contributed by atoms with Gasteiger partial charge in [0.25, 0.3) is 0 Å². The van der Waals surface area contributed by atoms with Gasteiger partial charge in [0, 0.05) is 0 Å². The van der Waals surface area contributed by atoms with Gasteiger partial charge in [0.2, 0.25) is 0 Å². The Labute approximate surface area is 61.2 Å². The summed E-state index contributed by atoms with van der Waals surface area (Å²) in [5, 5.41) is 0. The maximum atomic E-state index is 3.42. The van der Waals surface area contributed by atoms with Crippen LogP contribution in [0.4, 0.5) is 0 Å². The molecule has 2 nitrogen and oxygen atoms in total. The topological polar surface area (TPSA) is 15.3 Å². The molecule has 0 aromatic rings. The first-order valence-electron chi connectivity index (χ1n) is 2.97. The third-order valence-corrected chi connectivity index (χ3v) is 3.68. The van der Waals surface area contributed by atoms with E-state index in [1.165, 1.54) is 24.2 Å². The van der Waals surface area contributed by atoms with E-state index in [0.717, 1.165) is 0 Å². The molecule has 0 saturated carbocycles. The minimum atomic E-state index is 0.344. The predicted octanol–water partition coefficient (Wildman–Crippen LogP) is -3.13. The summed E-state index contributed by atoms with van der Waals surface area (Å²) in [7, 11) is 0. The summed E-state index contributed by atoms with van der Waals surface area (Å²) in [5.41, 5.74) is 0. The van der Waals surface area contributed by atoms with Gasteiger partial charge in [-0.25, -0.2) is 0 Å². The van der Waals surface area contributed by atoms with E-state index in [1.54, 1.807) is 0 Å². The summed E-state index contributed by atoms with van der Waals surface area (Å²) in [6.07, 6.45) is 0. The van der Waals surface area contributed by atoms with Gasteiger partial charge in [-0.05, 0) is 0 Å². The van der Waals surface area contributed by atoms with Crippen LogP contribution in [-0.2, 0) is 0 Å². The van der Waals surface area contributed by atoms with Gasteiger partial charge < -0.3 is 0 Å². The Morgan fingerprint density at radius 2 is 2.62 bits per heavy atom. The molecule has 1 aliphatic rings. The Morgan fingerprint density at radius 3 is 3.00 bits per heavy atom. The monoisotopic (exact) mass is 227 g/mol. The van der Waals surface area contributed by atoms with E-state index in [-0.39, 0.29) is 0 Å². The molecular formula is C5H12IN2-. The molecule has 1 N–H and O–H groups in total. The van der Waals surface area contributed by atoms with Gasteiger partial charge in [-0.1, -0.05) is 0 Å². The average molecular weight is 227 g/mol. The summed E-state index contributed by atoms with van der Waals surface area (Å²) in [6.45, 7) is 5.95. The van der Waals surface area contributed by atoms with Crippen LogP contribution in [0.2, 0.25) is 0 Å². The third-order valence-electron chi connectivity index (χ3n) is 1.29. The van der Waals surface area contributed by atoms with Crippen molar-refractivity contribution in [3.63, 3.8) is 0 Å². The number of alkyl halides is 1. The average Bonchev–Trinajstić information content (AvgIpc) is 1.90. The summed E-state index contributed by atoms with van der Waals surface area (Å²) in [4.78, 5) is 2.50. The number of likely N-dealkylation sites (N-methyl/N-ethyl adjacent to an activating group) is 1. The summed E-state index contributed by atoms with van der Waals surface area (Å²) >= 11 is 0.344. The molecule has 0 atom stereocenters. The number of halogens is 1. The summed E-state index contributed by atoms with van der Waals surface area (Å²) < 4.78 is 4.76. The Bertz CT molecular complexity index is 61.4. The van der Waals surface area contributed by atoms with Crippen molar-refractivity contribution in [3.05, 3.63) is 0 Å². The van der Waals surface area contributed by atoms with Crippen molar-refractivity contribution in [1.29, 1.82) is 0 Å². The molecule has 0 bridgehead atoms. The SMILES string of the molecule is CCN1CCN[I-]C1. The second kappa shape index (κ2) is 3.63. The van der Waals surface area contributed by atoms with Gasteiger partial charge in [0.05, 0.1) is 0 Å². The van der Waals surface area contributed by atoms with E-state index in [4.69, 9.17) is 0 Å². The van der Waals surface area contributed by atoms with Gasteiger partial charge in [-0.15, -0.1) is 0 Å². The van der Waals surface area contributed by atoms with Crippen molar-refractivity contribution in [1.82, 2.24) is 8.43 Å². The van der Waals surface area contributed by atoms with Crippen LogP contribution in [0.1, 0.15) is 6.92 Å². The summed E-state index contributed by atoms with van der Waals surface area (Å²) in [5.74, 6) is 0. The van der Waals surface area contributed by atoms with Crippen molar-refractivity contribution >= 4 is 0 Å². The van der Waals surface area contributed by atoms with Crippen molar-refractivity contribution in [2.45, 2.75) is 6.92 Å². The first-order valence-corrected chi connectivity index (χ1v) is 5.57. The quantitative estimate of drug-likeness (QED) is 0.220. The van der Waals surface area contributed by atoms with Crippen LogP contribution in [0.25, 0.3) is 0 Å². The van der Waals surface area contributed by atoms with Gasteiger partial charge in [-0.2, -0.15) is 0 Å². The van der Waals surface area contributed by atoms with Crippen molar-refractivity contribution in [2.75, 3.05) is 24.2 Å². The molecule has 0 aliphatic carbocycles. The van der Waals surface area contributed by atoms with Crippen LogP contribution >= 0.6 is 0 Å². The second-order valence-corrected chi connectivity index (χ2v) is 4.06. The van der Waals surface area contributed by atoms with Gasteiger partial charge in [-0.3, -0.25) is 0 Å². The fourth-order valence-corrected chi connectivity index (χ4v) is 2.87. The molecule has 50 valence electrons. The molecule has 8 heavy (non-hydrogen) atoms. The van der Waals surface area contributed by atoms with Crippen molar-refractivity contribution in [2.24, 2.45) is 0 Å². The second-order valence-electron chi connectivity index (χ2n) is 1.85. The minimum absolute atomic E-state index is 0.344. The van der Waals surface area contributed by atoms with Crippen LogP contribution < -0.4 is 25.0 Å². The van der Waals surface area contributed by atoms with Crippen LogP contribution in [0.5, 0.6) is 0 Å². The third kappa shape index (κ3) is 1.87. The van der Waals surface area contributed by atoms with Crippen molar-refractivity contribution < 1.29 is 21.5 Å². The maximum absolute atomic E-state index is 3.42. The fraction of sp³-hybridized carbons (Fsp3) is 1.00. The van der Waals surface area contributed by atoms with E-state index in [1.807, 2.05) is 0 Å². The molecule has 0 radical (unpaired) electrons. The van der Waals surface area contributed by atoms with Crippen LogP contribution in [0.15, 0.2) is 0 Å². The van der Waals surface area contributed by atoms with Crippen molar-refractivity contribution in [3.8, 4) is 0 Å².